The van der Waals surface area contributed by atoms with Crippen molar-refractivity contribution in [3.63, 3.8) is 0 Å². The van der Waals surface area contributed by atoms with E-state index in [0.717, 1.165) is 83.9 Å². The van der Waals surface area contributed by atoms with Gasteiger partial charge in [0.1, 0.15) is 17.1 Å². The van der Waals surface area contributed by atoms with Gasteiger partial charge in [0.05, 0.1) is 34.0 Å². The van der Waals surface area contributed by atoms with E-state index in [1.54, 1.807) is 0 Å². The predicted octanol–water partition coefficient (Wildman–Crippen LogP) is 12.0. The minimum atomic E-state index is 0.199. The average Bonchev–Trinajstić information content (AvgIpc) is 3.16. The number of aryl methyl sites for hydroxylation is 3. The van der Waals surface area contributed by atoms with Crippen LogP contribution >= 0.6 is 0 Å². The molecule has 9 rings (SSSR count). The van der Waals surface area contributed by atoms with Gasteiger partial charge in [-0.1, -0.05) is 84.9 Å². The van der Waals surface area contributed by atoms with Crippen LogP contribution in [0.25, 0.3) is 55.3 Å². The molecule has 51 heavy (non-hydrogen) atoms. The molecule has 0 amide bonds. The molecular formula is C46H36N4O. The summed E-state index contributed by atoms with van der Waals surface area (Å²) in [5, 5.41) is 14.0. The third-order valence-corrected chi connectivity index (χ3v) is 10.2. The van der Waals surface area contributed by atoms with E-state index in [1.807, 2.05) is 18.2 Å². The Bertz CT molecular complexity index is 2640. The number of rotatable bonds is 4. The number of phenolic OH excluding ortho intramolecular Hbond substituents is 1. The number of phenols is 1. The fraction of sp³-hybridized carbons (Fsp3) is 0.0870. The van der Waals surface area contributed by atoms with E-state index < -0.39 is 0 Å². The highest BCUT2D eigenvalue weighted by molar-refractivity contribution is 6.00. The highest BCUT2D eigenvalue weighted by Gasteiger charge is 2.29. The molecule has 0 bridgehead atoms. The number of para-hydroxylation sites is 3. The smallest absolute Gasteiger partial charge is 0.149 e. The number of nitrogens with zero attached hydrogens (tertiary/aromatic N) is 4. The van der Waals surface area contributed by atoms with Gasteiger partial charge in [0.2, 0.25) is 0 Å². The van der Waals surface area contributed by atoms with Gasteiger partial charge in [-0.3, -0.25) is 4.90 Å². The van der Waals surface area contributed by atoms with Gasteiger partial charge >= 0.3 is 0 Å². The maximum Gasteiger partial charge on any atom is 0.149 e. The molecule has 5 heteroatoms. The second-order valence-electron chi connectivity index (χ2n) is 13.5. The number of hydrogen-bond donors (Lipinski definition) is 1. The highest BCUT2D eigenvalue weighted by Crippen LogP contribution is 2.51. The van der Waals surface area contributed by atoms with Crippen LogP contribution in [0.4, 0.5) is 28.6 Å². The average molecular weight is 661 g/mol. The molecule has 1 N–H and O–H groups in total. The van der Waals surface area contributed by atoms with Crippen LogP contribution < -0.4 is 9.80 Å². The SMILES string of the molecule is Cc1cc(-c2ccccc2)cc(C)c1-c1cc(C)c2ccc(-c3ccc4c(c3)N(c3ccc5ccccc5n3)c3ccccc3N4C)nc2c1O. The van der Waals surface area contributed by atoms with Gasteiger partial charge < -0.3 is 10.0 Å². The van der Waals surface area contributed by atoms with Crippen molar-refractivity contribution in [2.75, 3.05) is 16.8 Å². The van der Waals surface area contributed by atoms with Crippen LogP contribution in [-0.2, 0) is 0 Å². The van der Waals surface area contributed by atoms with Gasteiger partial charge in [-0.2, -0.15) is 0 Å². The summed E-state index contributed by atoms with van der Waals surface area (Å²) in [5.41, 5.74) is 15.0. The topological polar surface area (TPSA) is 52.5 Å². The first-order chi connectivity index (χ1) is 24.9. The van der Waals surface area contributed by atoms with Crippen molar-refractivity contribution in [3.8, 4) is 39.3 Å². The molecule has 0 fully saturated rings. The van der Waals surface area contributed by atoms with Gasteiger partial charge in [0.15, 0.2) is 0 Å². The fourth-order valence-electron chi connectivity index (χ4n) is 7.75. The van der Waals surface area contributed by atoms with E-state index in [1.165, 1.54) is 11.1 Å². The standard InChI is InChI=1S/C46H36N4O/c1-28-26-36(44-29(2)24-34(25-30(44)3)31-12-6-5-7-13-31)46(51)45-35(28)20-21-38(48-45)33-18-22-40-42(27-33)50(41-17-11-10-16-39(41)49(40)4)43-23-19-32-14-8-9-15-37(32)47-43/h5-27,51H,1-4H3. The molecule has 0 unspecified atom stereocenters. The lowest BCUT2D eigenvalue weighted by atomic mass is 9.89. The number of aromatic hydroxyl groups is 1. The van der Waals surface area contributed by atoms with Crippen molar-refractivity contribution in [1.29, 1.82) is 0 Å². The molecular weight excluding hydrogens is 625 g/mol. The first-order valence-corrected chi connectivity index (χ1v) is 17.3. The Morgan fingerprint density at radius 2 is 1.24 bits per heavy atom. The Balaban J connectivity index is 1.18. The maximum atomic E-state index is 12.0. The van der Waals surface area contributed by atoms with Gasteiger partial charge in [-0.25, -0.2) is 9.97 Å². The summed E-state index contributed by atoms with van der Waals surface area (Å²) in [6.45, 7) is 6.34. The van der Waals surface area contributed by atoms with Crippen LogP contribution in [0.15, 0.2) is 140 Å². The van der Waals surface area contributed by atoms with Crippen LogP contribution in [0.2, 0.25) is 0 Å². The Morgan fingerprint density at radius 1 is 0.529 bits per heavy atom. The van der Waals surface area contributed by atoms with Gasteiger partial charge in [0, 0.05) is 28.9 Å². The molecule has 1 aliphatic rings. The second-order valence-corrected chi connectivity index (χ2v) is 13.5. The first kappa shape index (κ1) is 30.6. The number of benzene rings is 6. The van der Waals surface area contributed by atoms with Gasteiger partial charge in [-0.15, -0.1) is 0 Å². The number of anilines is 5. The Labute approximate surface area is 297 Å². The van der Waals surface area contributed by atoms with Crippen LogP contribution in [0, 0.1) is 20.8 Å². The van der Waals surface area contributed by atoms with Crippen molar-refractivity contribution in [1.82, 2.24) is 9.97 Å². The quantitative estimate of drug-likeness (QED) is 0.204. The number of pyridine rings is 2. The molecule has 6 aromatic carbocycles. The molecule has 0 saturated carbocycles. The number of fused-ring (bicyclic) bond motifs is 4. The molecule has 0 spiro atoms. The summed E-state index contributed by atoms with van der Waals surface area (Å²) in [5.74, 6) is 1.05. The van der Waals surface area contributed by atoms with Gasteiger partial charge in [0.25, 0.3) is 0 Å². The van der Waals surface area contributed by atoms with E-state index in [0.29, 0.717) is 5.52 Å². The molecule has 3 heterocycles. The van der Waals surface area contributed by atoms with Crippen molar-refractivity contribution in [2.45, 2.75) is 20.8 Å². The largest absolute Gasteiger partial charge is 0.505 e. The Kier molecular flexibility index (Phi) is 7.11. The van der Waals surface area contributed by atoms with Crippen LogP contribution in [-0.4, -0.2) is 22.1 Å². The zero-order valence-corrected chi connectivity index (χ0v) is 29.0. The van der Waals surface area contributed by atoms with Gasteiger partial charge in [-0.05, 0) is 109 Å². The van der Waals surface area contributed by atoms with Crippen LogP contribution in [0.1, 0.15) is 16.7 Å². The zero-order valence-electron chi connectivity index (χ0n) is 29.0. The van der Waals surface area contributed by atoms with E-state index in [-0.39, 0.29) is 5.75 Å². The van der Waals surface area contributed by atoms with Crippen molar-refractivity contribution < 1.29 is 5.11 Å². The minimum Gasteiger partial charge on any atom is -0.505 e. The van der Waals surface area contributed by atoms with Crippen LogP contribution in [0.3, 0.4) is 0 Å². The summed E-state index contributed by atoms with van der Waals surface area (Å²) < 4.78 is 0. The Hall–Kier alpha value is -6.46. The molecule has 0 aliphatic carbocycles. The summed E-state index contributed by atoms with van der Waals surface area (Å²) >= 11 is 0. The normalized spacial score (nSPS) is 12.3. The summed E-state index contributed by atoms with van der Waals surface area (Å²) in [4.78, 5) is 14.8. The van der Waals surface area contributed by atoms with Crippen molar-refractivity contribution >= 4 is 50.4 Å². The Morgan fingerprint density at radius 3 is 2.04 bits per heavy atom. The fourth-order valence-corrected chi connectivity index (χ4v) is 7.75. The number of hydrogen-bond acceptors (Lipinski definition) is 5. The molecule has 0 saturated heterocycles. The molecule has 246 valence electrons. The van der Waals surface area contributed by atoms with Crippen LogP contribution in [0.5, 0.6) is 5.75 Å². The monoisotopic (exact) mass is 660 g/mol. The molecule has 2 aromatic heterocycles. The molecule has 0 atom stereocenters. The minimum absolute atomic E-state index is 0.199. The third kappa shape index (κ3) is 5.00. The first-order valence-electron chi connectivity index (χ1n) is 17.3. The maximum absolute atomic E-state index is 12.0. The van der Waals surface area contributed by atoms with E-state index in [4.69, 9.17) is 9.97 Å². The number of aromatic nitrogens is 2. The molecule has 8 aromatic rings. The lowest BCUT2D eigenvalue weighted by Gasteiger charge is -2.38. The van der Waals surface area contributed by atoms with E-state index >= 15 is 0 Å². The lowest BCUT2D eigenvalue weighted by molar-refractivity contribution is 0.482. The summed E-state index contributed by atoms with van der Waals surface area (Å²) in [6.07, 6.45) is 0. The summed E-state index contributed by atoms with van der Waals surface area (Å²) in [7, 11) is 2.11. The van der Waals surface area contributed by atoms with E-state index in [9.17, 15) is 5.11 Å². The third-order valence-electron chi connectivity index (χ3n) is 10.2. The van der Waals surface area contributed by atoms with E-state index in [2.05, 4.69) is 159 Å². The predicted molar refractivity (Wildman–Crippen MR) is 212 cm³/mol. The molecule has 1 aliphatic heterocycles. The summed E-state index contributed by atoms with van der Waals surface area (Å²) in [6, 6.07) is 48.4. The zero-order chi connectivity index (χ0) is 34.8. The lowest BCUT2D eigenvalue weighted by Crippen LogP contribution is -2.24. The van der Waals surface area contributed by atoms with Crippen molar-refractivity contribution in [3.05, 3.63) is 156 Å². The molecule has 0 radical (unpaired) electrons. The van der Waals surface area contributed by atoms with Crippen molar-refractivity contribution in [2.24, 2.45) is 0 Å². The second kappa shape index (κ2) is 11.9. The highest BCUT2D eigenvalue weighted by atomic mass is 16.3. The molecule has 5 nitrogen and oxygen atoms in total.